The summed E-state index contributed by atoms with van der Waals surface area (Å²) in [5, 5.41) is 23.4. The van der Waals surface area contributed by atoms with Crippen LogP contribution in [0.1, 0.15) is 22.8 Å². The fraction of sp³-hybridized carbons (Fsp3) is 0.115. The number of carbonyl (C=O) groups excluding carboxylic acids is 1. The second kappa shape index (κ2) is 11.0. The Hall–Kier alpha value is -3.70. The number of benzene rings is 4. The number of rotatable bonds is 7. The molecular weight excluding hydrogens is 553 g/mol. The van der Waals surface area contributed by atoms with Crippen molar-refractivity contribution in [1.82, 2.24) is 0 Å². The first-order valence-electron chi connectivity index (χ1n) is 11.1. The Balaban J connectivity index is 1.81. The number of methoxy groups -OCH3 is 1. The zero-order valence-corrected chi connectivity index (χ0v) is 22.4. The predicted molar refractivity (Wildman–Crippen MR) is 146 cm³/mol. The molecule has 0 unspecified atom stereocenters. The van der Waals surface area contributed by atoms with Gasteiger partial charge in [-0.05, 0) is 47.7 Å². The van der Waals surface area contributed by atoms with E-state index in [9.17, 15) is 22.9 Å². The van der Waals surface area contributed by atoms with Gasteiger partial charge in [0.05, 0.1) is 33.3 Å². The molecule has 0 aliphatic rings. The number of phenolic OH excluding ortho intramolecular Hbond substituents is 1. The number of carbonyl (C=O) groups is 1. The first kappa shape index (κ1) is 27.3. The van der Waals surface area contributed by atoms with E-state index in [1.807, 2.05) is 0 Å². The molecule has 1 amide bonds. The molecule has 0 spiro atoms. The fourth-order valence-corrected chi connectivity index (χ4v) is 4.78. The number of aryl methyl sites for hydroxylation is 1. The second-order valence-electron chi connectivity index (χ2n) is 8.09. The number of amides is 1. The van der Waals surface area contributed by atoms with Crippen LogP contribution in [0.15, 0.2) is 75.8 Å². The topological polar surface area (TPSA) is 138 Å². The minimum atomic E-state index is -4.54. The van der Waals surface area contributed by atoms with Gasteiger partial charge in [-0.25, -0.2) is 0 Å². The molecule has 9 nitrogen and oxygen atoms in total. The molecule has 0 aliphatic carbocycles. The van der Waals surface area contributed by atoms with Gasteiger partial charge in [0.25, 0.3) is 16.0 Å². The lowest BCUT2D eigenvalue weighted by atomic mass is 10.0. The Labute approximate surface area is 228 Å². The largest absolute Gasteiger partial charge is 0.505 e. The van der Waals surface area contributed by atoms with Crippen molar-refractivity contribution >= 4 is 67.1 Å². The monoisotopic (exact) mass is 573 g/mol. The van der Waals surface area contributed by atoms with Crippen molar-refractivity contribution in [2.24, 2.45) is 10.2 Å². The van der Waals surface area contributed by atoms with Gasteiger partial charge in [0, 0.05) is 11.5 Å². The van der Waals surface area contributed by atoms with Gasteiger partial charge in [-0.1, -0.05) is 54.4 Å². The van der Waals surface area contributed by atoms with Crippen LogP contribution in [0.25, 0.3) is 10.8 Å². The van der Waals surface area contributed by atoms with Gasteiger partial charge in [-0.3, -0.25) is 9.35 Å². The highest BCUT2D eigenvalue weighted by Gasteiger charge is 2.20. The minimum absolute atomic E-state index is 0.0398. The number of halogens is 2. The van der Waals surface area contributed by atoms with E-state index in [2.05, 4.69) is 15.5 Å². The molecule has 12 heteroatoms. The van der Waals surface area contributed by atoms with Crippen LogP contribution in [-0.4, -0.2) is 31.1 Å². The number of nitrogens with zero attached hydrogens (tertiary/aromatic N) is 2. The van der Waals surface area contributed by atoms with Crippen LogP contribution < -0.4 is 10.1 Å². The lowest BCUT2D eigenvalue weighted by molar-refractivity contribution is 0.102. The summed E-state index contributed by atoms with van der Waals surface area (Å²) in [6.45, 7) is 1.76. The number of phenols is 1. The summed E-state index contributed by atoms with van der Waals surface area (Å²) >= 11 is 12.6. The number of hydrogen-bond acceptors (Lipinski definition) is 7. The molecule has 0 heterocycles. The molecule has 0 saturated heterocycles. The van der Waals surface area contributed by atoms with Crippen molar-refractivity contribution in [2.45, 2.75) is 18.2 Å². The Morgan fingerprint density at radius 3 is 2.45 bits per heavy atom. The molecule has 4 aromatic rings. The summed E-state index contributed by atoms with van der Waals surface area (Å²) in [5.74, 6) is -0.615. The van der Waals surface area contributed by atoms with Crippen molar-refractivity contribution in [3.8, 4) is 11.5 Å². The van der Waals surface area contributed by atoms with Crippen LogP contribution in [-0.2, 0) is 16.5 Å². The normalized spacial score (nSPS) is 11.7. The third kappa shape index (κ3) is 5.58. The van der Waals surface area contributed by atoms with Crippen molar-refractivity contribution in [3.05, 3.63) is 81.8 Å². The van der Waals surface area contributed by atoms with Crippen LogP contribution >= 0.6 is 23.2 Å². The SMILES string of the molecule is CCc1cc(S(=O)(=O)O)cc(N=Nc2c(O)c(C(=O)Nc3ccc(OC)cc3Cl)cc3ccccc23)c1Cl. The minimum Gasteiger partial charge on any atom is -0.505 e. The van der Waals surface area contributed by atoms with E-state index in [-0.39, 0.29) is 27.0 Å². The van der Waals surface area contributed by atoms with Gasteiger partial charge in [-0.15, -0.1) is 10.2 Å². The van der Waals surface area contributed by atoms with Gasteiger partial charge >= 0.3 is 0 Å². The maximum atomic E-state index is 13.2. The third-order valence-electron chi connectivity index (χ3n) is 5.70. The van der Waals surface area contributed by atoms with Crippen molar-refractivity contribution < 1.29 is 27.6 Å². The summed E-state index contributed by atoms with van der Waals surface area (Å²) in [6.07, 6.45) is 0.364. The van der Waals surface area contributed by atoms with Crippen LogP contribution in [0.4, 0.5) is 17.1 Å². The average molecular weight is 574 g/mol. The first-order valence-corrected chi connectivity index (χ1v) is 13.3. The Morgan fingerprint density at radius 2 is 1.79 bits per heavy atom. The van der Waals surface area contributed by atoms with Gasteiger partial charge in [0.2, 0.25) is 0 Å². The maximum Gasteiger partial charge on any atom is 0.294 e. The summed E-state index contributed by atoms with van der Waals surface area (Å²) in [4.78, 5) is 12.8. The van der Waals surface area contributed by atoms with E-state index >= 15 is 0 Å². The molecule has 38 heavy (non-hydrogen) atoms. The van der Waals surface area contributed by atoms with Gasteiger partial charge in [0.1, 0.15) is 17.1 Å². The summed E-state index contributed by atoms with van der Waals surface area (Å²) < 4.78 is 38.1. The molecule has 0 bridgehead atoms. The van der Waals surface area contributed by atoms with Crippen molar-refractivity contribution in [1.29, 1.82) is 0 Å². The highest BCUT2D eigenvalue weighted by molar-refractivity contribution is 7.85. The van der Waals surface area contributed by atoms with E-state index < -0.39 is 26.7 Å². The number of hydrogen-bond donors (Lipinski definition) is 3. The lowest BCUT2D eigenvalue weighted by Gasteiger charge is -2.12. The maximum absolute atomic E-state index is 13.2. The Morgan fingerprint density at radius 1 is 1.05 bits per heavy atom. The van der Waals surface area contributed by atoms with E-state index in [1.54, 1.807) is 43.3 Å². The number of azo groups is 1. The average Bonchev–Trinajstić information content (AvgIpc) is 2.89. The van der Waals surface area contributed by atoms with E-state index in [0.29, 0.717) is 34.2 Å². The summed E-state index contributed by atoms with van der Waals surface area (Å²) in [5.41, 5.74) is 0.544. The highest BCUT2D eigenvalue weighted by Crippen LogP contribution is 2.41. The molecule has 4 aromatic carbocycles. The molecule has 0 atom stereocenters. The van der Waals surface area contributed by atoms with E-state index in [1.165, 1.54) is 25.3 Å². The molecule has 0 aromatic heterocycles. The molecule has 0 fully saturated rings. The van der Waals surface area contributed by atoms with Crippen LogP contribution in [0.3, 0.4) is 0 Å². The second-order valence-corrected chi connectivity index (χ2v) is 10.3. The zero-order chi connectivity index (χ0) is 27.6. The highest BCUT2D eigenvalue weighted by atomic mass is 35.5. The molecule has 0 aliphatic heterocycles. The van der Waals surface area contributed by atoms with Crippen molar-refractivity contribution in [2.75, 3.05) is 12.4 Å². The smallest absolute Gasteiger partial charge is 0.294 e. The molecule has 0 radical (unpaired) electrons. The fourth-order valence-electron chi connectivity index (χ4n) is 3.73. The van der Waals surface area contributed by atoms with Gasteiger partial charge in [0.15, 0.2) is 5.75 Å². The number of ether oxygens (including phenoxy) is 1. The molecule has 3 N–H and O–H groups in total. The number of fused-ring (bicyclic) bond motifs is 1. The molecule has 4 rings (SSSR count). The Kier molecular flexibility index (Phi) is 7.89. The number of anilines is 1. The quantitative estimate of drug-likeness (QED) is 0.156. The molecular formula is C26H21Cl2N3O6S. The van der Waals surface area contributed by atoms with Crippen LogP contribution in [0.2, 0.25) is 10.0 Å². The standard InChI is InChI=1S/C26H21Cl2N3O6S/c1-3-14-10-17(38(34,35)36)13-22(23(14)28)30-31-24-18-7-5-4-6-15(18)11-19(25(24)32)26(33)29-21-9-8-16(37-2)12-20(21)27/h4-13,32H,3H2,1-2H3,(H,29,33)(H,34,35,36). The van der Waals surface area contributed by atoms with Crippen LogP contribution in [0.5, 0.6) is 11.5 Å². The molecule has 196 valence electrons. The van der Waals surface area contributed by atoms with Gasteiger partial charge < -0.3 is 15.2 Å². The van der Waals surface area contributed by atoms with Gasteiger partial charge in [-0.2, -0.15) is 8.42 Å². The number of aromatic hydroxyl groups is 1. The number of nitrogens with one attached hydrogen (secondary N) is 1. The van der Waals surface area contributed by atoms with Crippen molar-refractivity contribution in [3.63, 3.8) is 0 Å². The molecule has 0 saturated carbocycles. The summed E-state index contributed by atoms with van der Waals surface area (Å²) in [7, 11) is -3.05. The summed E-state index contributed by atoms with van der Waals surface area (Å²) in [6, 6.07) is 15.4. The Bertz CT molecular complexity index is 1710. The lowest BCUT2D eigenvalue weighted by Crippen LogP contribution is -2.12. The van der Waals surface area contributed by atoms with E-state index in [0.717, 1.165) is 6.07 Å². The first-order chi connectivity index (χ1) is 18.0. The zero-order valence-electron chi connectivity index (χ0n) is 20.1. The van der Waals surface area contributed by atoms with Crippen LogP contribution in [0, 0.1) is 0 Å². The predicted octanol–water partition coefficient (Wildman–Crippen LogP) is 7.34. The third-order valence-corrected chi connectivity index (χ3v) is 7.28. The van der Waals surface area contributed by atoms with E-state index in [4.69, 9.17) is 27.9 Å².